The van der Waals surface area contributed by atoms with Gasteiger partial charge in [0.2, 0.25) is 15.9 Å². The molecule has 0 fully saturated rings. The Morgan fingerprint density at radius 1 is 1.17 bits per heavy atom. The molecule has 0 unspecified atom stereocenters. The van der Waals surface area contributed by atoms with E-state index in [1.807, 2.05) is 0 Å². The van der Waals surface area contributed by atoms with Crippen LogP contribution in [-0.4, -0.2) is 38.8 Å². The largest absolute Gasteiger partial charge is 0.495 e. The third-order valence-electron chi connectivity index (χ3n) is 3.92. The number of nitrogens with zero attached hydrogens (tertiary/aromatic N) is 1. The van der Waals surface area contributed by atoms with Crippen LogP contribution in [-0.2, 0) is 21.0 Å². The lowest BCUT2D eigenvalue weighted by atomic mass is 10.1. The van der Waals surface area contributed by atoms with Crippen LogP contribution in [0.5, 0.6) is 5.75 Å². The lowest BCUT2D eigenvalue weighted by molar-refractivity contribution is -0.137. The van der Waals surface area contributed by atoms with Gasteiger partial charge < -0.3 is 10.1 Å². The Bertz CT molecular complexity index is 994. The molecule has 0 aliphatic rings. The highest BCUT2D eigenvalue weighted by atomic mass is 32.2. The van der Waals surface area contributed by atoms with E-state index in [0.29, 0.717) is 4.31 Å². The normalized spacial score (nSPS) is 12.1. The zero-order valence-electron chi connectivity index (χ0n) is 15.5. The Labute approximate surface area is 165 Å². The van der Waals surface area contributed by atoms with Crippen molar-refractivity contribution in [2.24, 2.45) is 0 Å². The lowest BCUT2D eigenvalue weighted by Gasteiger charge is -2.22. The molecule has 0 radical (unpaired) electrons. The number of nitrogens with one attached hydrogen (secondary N) is 1. The average Bonchev–Trinajstić information content (AvgIpc) is 2.65. The molecule has 2 aromatic rings. The van der Waals surface area contributed by atoms with Crippen LogP contribution in [0.25, 0.3) is 0 Å². The van der Waals surface area contributed by atoms with Gasteiger partial charge in [0.25, 0.3) is 0 Å². The van der Waals surface area contributed by atoms with Gasteiger partial charge in [0, 0.05) is 6.54 Å². The second-order valence-corrected chi connectivity index (χ2v) is 7.72. The van der Waals surface area contributed by atoms with E-state index >= 15 is 0 Å². The first kappa shape index (κ1) is 22.6. The summed E-state index contributed by atoms with van der Waals surface area (Å²) in [6.45, 7) is 0.474. The molecular formula is C18H18F4N2O4S. The fraction of sp³-hybridized carbons (Fsp3) is 0.278. The predicted octanol–water partition coefficient (Wildman–Crippen LogP) is 3.50. The monoisotopic (exact) mass is 434 g/mol. The minimum atomic E-state index is -4.70. The molecule has 0 atom stereocenters. The fourth-order valence-corrected chi connectivity index (χ4v) is 4.12. The number of hydrogen-bond acceptors (Lipinski definition) is 4. The molecular weight excluding hydrogens is 416 g/mol. The third-order valence-corrected chi connectivity index (χ3v) is 5.86. The van der Waals surface area contributed by atoms with Crippen molar-refractivity contribution < 1.29 is 35.5 Å². The first-order chi connectivity index (χ1) is 13.5. The van der Waals surface area contributed by atoms with Gasteiger partial charge in [-0.25, -0.2) is 12.8 Å². The average molecular weight is 434 g/mol. The summed E-state index contributed by atoms with van der Waals surface area (Å²) in [6.07, 6.45) is -4.70. The summed E-state index contributed by atoms with van der Waals surface area (Å²) < 4.78 is 84.0. The molecule has 158 valence electrons. The standard InChI is InChI=1S/C18H18F4N2O4S/c1-3-24(29(26,27)16-10-12(19)8-9-15(16)28-2)11-17(25)23-14-7-5-4-6-13(14)18(20,21)22/h4-10H,3,11H2,1-2H3,(H,23,25). The van der Waals surface area contributed by atoms with Crippen molar-refractivity contribution in [3.8, 4) is 5.75 Å². The molecule has 2 rings (SSSR count). The SMILES string of the molecule is CCN(CC(=O)Nc1ccccc1C(F)(F)F)S(=O)(=O)c1cc(F)ccc1OC. The first-order valence-electron chi connectivity index (χ1n) is 8.30. The van der Waals surface area contributed by atoms with E-state index in [-0.39, 0.29) is 12.3 Å². The molecule has 0 saturated carbocycles. The molecule has 0 aromatic heterocycles. The Balaban J connectivity index is 2.29. The maximum atomic E-state index is 13.6. The van der Waals surface area contributed by atoms with Crippen molar-refractivity contribution in [2.45, 2.75) is 18.0 Å². The fourth-order valence-electron chi connectivity index (χ4n) is 2.55. The molecule has 1 N–H and O–H groups in total. The van der Waals surface area contributed by atoms with Crippen LogP contribution in [0.15, 0.2) is 47.4 Å². The summed E-state index contributed by atoms with van der Waals surface area (Å²) in [4.78, 5) is 11.8. The zero-order valence-corrected chi connectivity index (χ0v) is 16.3. The van der Waals surface area contributed by atoms with Gasteiger partial charge in [-0.1, -0.05) is 19.1 Å². The smallest absolute Gasteiger partial charge is 0.418 e. The van der Waals surface area contributed by atoms with Gasteiger partial charge in [-0.3, -0.25) is 4.79 Å². The van der Waals surface area contributed by atoms with Crippen molar-refractivity contribution in [1.82, 2.24) is 4.31 Å². The van der Waals surface area contributed by atoms with Gasteiger partial charge in [-0.05, 0) is 30.3 Å². The Morgan fingerprint density at radius 3 is 2.41 bits per heavy atom. The Morgan fingerprint density at radius 2 is 1.83 bits per heavy atom. The Kier molecular flexibility index (Phi) is 6.85. The van der Waals surface area contributed by atoms with Gasteiger partial charge in [0.05, 0.1) is 24.9 Å². The van der Waals surface area contributed by atoms with E-state index in [1.165, 1.54) is 20.1 Å². The molecule has 0 aliphatic carbocycles. The van der Waals surface area contributed by atoms with Crippen LogP contribution >= 0.6 is 0 Å². The number of alkyl halides is 3. The minimum Gasteiger partial charge on any atom is -0.495 e. The number of hydrogen-bond donors (Lipinski definition) is 1. The van der Waals surface area contributed by atoms with Crippen LogP contribution in [0.1, 0.15) is 12.5 Å². The van der Waals surface area contributed by atoms with Crippen molar-refractivity contribution in [2.75, 3.05) is 25.5 Å². The highest BCUT2D eigenvalue weighted by Crippen LogP contribution is 2.34. The number of methoxy groups -OCH3 is 1. The number of amides is 1. The van der Waals surface area contributed by atoms with Crippen LogP contribution < -0.4 is 10.1 Å². The highest BCUT2D eigenvalue weighted by molar-refractivity contribution is 7.89. The van der Waals surface area contributed by atoms with Crippen LogP contribution in [0.2, 0.25) is 0 Å². The summed E-state index contributed by atoms with van der Waals surface area (Å²) >= 11 is 0. The molecule has 6 nitrogen and oxygen atoms in total. The number of sulfonamides is 1. The maximum Gasteiger partial charge on any atom is 0.418 e. The van der Waals surface area contributed by atoms with Crippen molar-refractivity contribution in [3.63, 3.8) is 0 Å². The van der Waals surface area contributed by atoms with Gasteiger partial charge in [-0.2, -0.15) is 17.5 Å². The molecule has 0 saturated heterocycles. The maximum absolute atomic E-state index is 13.6. The lowest BCUT2D eigenvalue weighted by Crippen LogP contribution is -2.38. The predicted molar refractivity (Wildman–Crippen MR) is 97.5 cm³/mol. The molecule has 0 bridgehead atoms. The number of benzene rings is 2. The van der Waals surface area contributed by atoms with Crippen molar-refractivity contribution >= 4 is 21.6 Å². The Hall–Kier alpha value is -2.66. The summed E-state index contributed by atoms with van der Waals surface area (Å²) in [6, 6.07) is 7.19. The van der Waals surface area contributed by atoms with Crippen LogP contribution in [0.3, 0.4) is 0 Å². The van der Waals surface area contributed by atoms with Crippen LogP contribution in [0.4, 0.5) is 23.2 Å². The molecule has 1 amide bonds. The van der Waals surface area contributed by atoms with Gasteiger partial charge in [0.1, 0.15) is 16.5 Å². The second kappa shape index (κ2) is 8.78. The molecule has 0 spiro atoms. The zero-order chi connectivity index (χ0) is 21.8. The van der Waals surface area contributed by atoms with E-state index in [2.05, 4.69) is 5.32 Å². The number of rotatable bonds is 7. The van der Waals surface area contributed by atoms with Gasteiger partial charge in [-0.15, -0.1) is 0 Å². The molecule has 2 aromatic carbocycles. The van der Waals surface area contributed by atoms with Crippen LogP contribution in [0, 0.1) is 5.82 Å². The van der Waals surface area contributed by atoms with E-state index in [0.717, 1.165) is 36.4 Å². The number of anilines is 1. The van der Waals surface area contributed by atoms with Gasteiger partial charge in [0.15, 0.2) is 0 Å². The molecule has 11 heteroatoms. The number of carbonyl (C=O) groups is 1. The van der Waals surface area contributed by atoms with E-state index < -0.39 is 50.6 Å². The molecule has 29 heavy (non-hydrogen) atoms. The summed E-state index contributed by atoms with van der Waals surface area (Å²) in [5, 5.41) is 2.08. The number of likely N-dealkylation sites (N-methyl/N-ethyl adjacent to an activating group) is 1. The number of para-hydroxylation sites is 1. The quantitative estimate of drug-likeness (QED) is 0.677. The van der Waals surface area contributed by atoms with E-state index in [4.69, 9.17) is 4.74 Å². The van der Waals surface area contributed by atoms with Crippen molar-refractivity contribution in [3.05, 3.63) is 53.8 Å². The first-order valence-corrected chi connectivity index (χ1v) is 9.74. The second-order valence-electron chi connectivity index (χ2n) is 5.82. The van der Waals surface area contributed by atoms with E-state index in [1.54, 1.807) is 0 Å². The van der Waals surface area contributed by atoms with E-state index in [9.17, 15) is 30.8 Å². The van der Waals surface area contributed by atoms with Gasteiger partial charge >= 0.3 is 6.18 Å². The highest BCUT2D eigenvalue weighted by Gasteiger charge is 2.34. The molecule has 0 aliphatic heterocycles. The summed E-state index contributed by atoms with van der Waals surface area (Å²) in [7, 11) is -3.16. The number of halogens is 4. The third kappa shape index (κ3) is 5.24. The summed E-state index contributed by atoms with van der Waals surface area (Å²) in [5.74, 6) is -1.95. The number of ether oxygens (including phenoxy) is 1. The minimum absolute atomic E-state index is 0.132. The van der Waals surface area contributed by atoms with Crippen molar-refractivity contribution in [1.29, 1.82) is 0 Å². The number of carbonyl (C=O) groups excluding carboxylic acids is 1. The topological polar surface area (TPSA) is 75.7 Å². The molecule has 0 heterocycles. The summed E-state index contributed by atoms with van der Waals surface area (Å²) in [5.41, 5.74) is -1.56.